The van der Waals surface area contributed by atoms with Gasteiger partial charge in [0.2, 0.25) is 5.79 Å². The summed E-state index contributed by atoms with van der Waals surface area (Å²) in [6.45, 7) is 8.63. The Kier molecular flexibility index (Phi) is 4.73. The second kappa shape index (κ2) is 6.69. The number of rotatable bonds is 4. The molecule has 150 valence electrons. The minimum atomic E-state index is -1.00. The van der Waals surface area contributed by atoms with E-state index in [9.17, 15) is 0 Å². The molecule has 4 rings (SSSR count). The molecule has 1 unspecified atom stereocenters. The molecule has 1 aromatic carbocycles. The number of benzene rings is 1. The van der Waals surface area contributed by atoms with Crippen molar-refractivity contribution in [2.75, 3.05) is 20.3 Å². The third-order valence-corrected chi connectivity index (χ3v) is 5.09. The van der Waals surface area contributed by atoms with Crippen molar-refractivity contribution in [3.63, 3.8) is 0 Å². The van der Waals surface area contributed by atoms with Gasteiger partial charge in [0.1, 0.15) is 30.7 Å². The molecule has 0 bridgehead atoms. The minimum absolute atomic E-state index is 0.267. The second-order valence-corrected chi connectivity index (χ2v) is 8.13. The summed E-state index contributed by atoms with van der Waals surface area (Å²) in [6.07, 6.45) is -1.00. The summed E-state index contributed by atoms with van der Waals surface area (Å²) < 4.78 is 41.7. The Balaban J connectivity index is 1.55. The third kappa shape index (κ3) is 3.72. The van der Waals surface area contributed by atoms with Gasteiger partial charge in [-0.15, -0.1) is 0 Å². The lowest BCUT2D eigenvalue weighted by molar-refractivity contribution is -0.304. The van der Waals surface area contributed by atoms with Gasteiger partial charge in [0.25, 0.3) is 0 Å². The maximum Gasteiger partial charge on any atom is 0.224 e. The molecular formula is C20H28O7. The van der Waals surface area contributed by atoms with Gasteiger partial charge in [0, 0.05) is 0 Å². The van der Waals surface area contributed by atoms with Crippen molar-refractivity contribution in [3.05, 3.63) is 29.8 Å². The van der Waals surface area contributed by atoms with Gasteiger partial charge in [0.05, 0.1) is 20.3 Å². The van der Waals surface area contributed by atoms with Crippen LogP contribution < -0.4 is 4.74 Å². The van der Waals surface area contributed by atoms with Crippen molar-refractivity contribution in [3.8, 4) is 5.75 Å². The predicted molar refractivity (Wildman–Crippen MR) is 95.2 cm³/mol. The molecule has 27 heavy (non-hydrogen) atoms. The molecule has 3 aliphatic rings. The largest absolute Gasteiger partial charge is 0.497 e. The van der Waals surface area contributed by atoms with E-state index in [-0.39, 0.29) is 18.8 Å². The Hall–Kier alpha value is -1.22. The van der Waals surface area contributed by atoms with E-state index >= 15 is 0 Å². The molecule has 3 heterocycles. The summed E-state index contributed by atoms with van der Waals surface area (Å²) >= 11 is 0. The zero-order chi connectivity index (χ0) is 19.3. The SMILES string of the molecule is COc1ccc(CO[C@H]2[C@@H]3OC(C)(C)OC[C@@H]3OC23COC(C)(C)O3)cc1. The van der Waals surface area contributed by atoms with Crippen molar-refractivity contribution in [1.29, 1.82) is 0 Å². The molecular weight excluding hydrogens is 352 g/mol. The molecule has 0 N–H and O–H groups in total. The van der Waals surface area contributed by atoms with Crippen LogP contribution in [0.3, 0.4) is 0 Å². The lowest BCUT2D eigenvalue weighted by Crippen LogP contribution is -2.53. The summed E-state index contributed by atoms with van der Waals surface area (Å²) in [6, 6.07) is 7.77. The smallest absolute Gasteiger partial charge is 0.224 e. The van der Waals surface area contributed by atoms with E-state index in [2.05, 4.69) is 0 Å². The number of ether oxygens (including phenoxy) is 7. The first-order valence-corrected chi connectivity index (χ1v) is 9.30. The van der Waals surface area contributed by atoms with E-state index < -0.39 is 23.5 Å². The van der Waals surface area contributed by atoms with Crippen molar-refractivity contribution in [1.82, 2.24) is 0 Å². The Morgan fingerprint density at radius 1 is 1.00 bits per heavy atom. The van der Waals surface area contributed by atoms with E-state index in [4.69, 9.17) is 33.2 Å². The highest BCUT2D eigenvalue weighted by Gasteiger charge is 2.65. The zero-order valence-corrected chi connectivity index (χ0v) is 16.5. The van der Waals surface area contributed by atoms with E-state index in [0.717, 1.165) is 11.3 Å². The highest BCUT2D eigenvalue weighted by molar-refractivity contribution is 5.26. The van der Waals surface area contributed by atoms with Crippen molar-refractivity contribution in [2.45, 2.75) is 70.0 Å². The van der Waals surface area contributed by atoms with Gasteiger partial charge in [-0.25, -0.2) is 0 Å². The number of hydrogen-bond acceptors (Lipinski definition) is 7. The van der Waals surface area contributed by atoms with Gasteiger partial charge in [-0.1, -0.05) is 12.1 Å². The van der Waals surface area contributed by atoms with E-state index in [1.807, 2.05) is 52.0 Å². The van der Waals surface area contributed by atoms with Crippen LogP contribution in [-0.4, -0.2) is 56.0 Å². The van der Waals surface area contributed by atoms with Gasteiger partial charge in [0.15, 0.2) is 11.6 Å². The van der Waals surface area contributed by atoms with Gasteiger partial charge in [-0.2, -0.15) is 0 Å². The predicted octanol–water partition coefficient (Wildman–Crippen LogP) is 2.61. The summed E-state index contributed by atoms with van der Waals surface area (Å²) in [4.78, 5) is 0. The van der Waals surface area contributed by atoms with Gasteiger partial charge >= 0.3 is 0 Å². The zero-order valence-electron chi connectivity index (χ0n) is 16.5. The first-order chi connectivity index (χ1) is 12.7. The van der Waals surface area contributed by atoms with Gasteiger partial charge < -0.3 is 33.2 Å². The molecule has 1 aromatic rings. The minimum Gasteiger partial charge on any atom is -0.497 e. The molecule has 0 saturated carbocycles. The fourth-order valence-corrected chi connectivity index (χ4v) is 3.82. The Morgan fingerprint density at radius 3 is 2.37 bits per heavy atom. The quantitative estimate of drug-likeness (QED) is 0.795. The molecule has 0 amide bonds. The normalized spacial score (nSPS) is 36.7. The van der Waals surface area contributed by atoms with Crippen LogP contribution in [0.2, 0.25) is 0 Å². The van der Waals surface area contributed by atoms with Crippen molar-refractivity contribution < 1.29 is 33.2 Å². The molecule has 0 aromatic heterocycles. The lowest BCUT2D eigenvalue weighted by Gasteiger charge is -2.38. The van der Waals surface area contributed by atoms with Crippen LogP contribution in [0.5, 0.6) is 5.75 Å². The average molecular weight is 380 g/mol. The van der Waals surface area contributed by atoms with Crippen LogP contribution in [0, 0.1) is 0 Å². The lowest BCUT2D eigenvalue weighted by atomic mass is 10.0. The molecule has 0 aliphatic carbocycles. The summed E-state index contributed by atoms with van der Waals surface area (Å²) in [7, 11) is 1.65. The molecule has 3 aliphatic heterocycles. The molecule has 3 fully saturated rings. The first-order valence-electron chi connectivity index (χ1n) is 9.30. The summed E-state index contributed by atoms with van der Waals surface area (Å²) in [5.41, 5.74) is 1.03. The van der Waals surface area contributed by atoms with Crippen LogP contribution >= 0.6 is 0 Å². The van der Waals surface area contributed by atoms with E-state index in [0.29, 0.717) is 13.2 Å². The Morgan fingerprint density at radius 2 is 1.74 bits per heavy atom. The highest BCUT2D eigenvalue weighted by Crippen LogP contribution is 2.46. The maximum absolute atomic E-state index is 6.31. The van der Waals surface area contributed by atoms with Gasteiger partial charge in [-0.3, -0.25) is 0 Å². The summed E-state index contributed by atoms with van der Waals surface area (Å²) in [5.74, 6) is -1.64. The average Bonchev–Trinajstić information content (AvgIpc) is 3.08. The second-order valence-electron chi connectivity index (χ2n) is 8.13. The van der Waals surface area contributed by atoms with Crippen LogP contribution in [-0.2, 0) is 35.0 Å². The number of hydrogen-bond donors (Lipinski definition) is 0. The van der Waals surface area contributed by atoms with Crippen molar-refractivity contribution >= 4 is 0 Å². The molecule has 4 atom stereocenters. The Bertz CT molecular complexity index is 669. The maximum atomic E-state index is 6.31. The fourth-order valence-electron chi connectivity index (χ4n) is 3.82. The molecule has 0 radical (unpaired) electrons. The van der Waals surface area contributed by atoms with Gasteiger partial charge in [-0.05, 0) is 45.4 Å². The highest BCUT2D eigenvalue weighted by atomic mass is 16.9. The molecule has 3 saturated heterocycles. The monoisotopic (exact) mass is 380 g/mol. The van der Waals surface area contributed by atoms with Crippen LogP contribution in [0.4, 0.5) is 0 Å². The first kappa shape index (κ1) is 19.1. The molecule has 7 heteroatoms. The molecule has 1 spiro atoms. The standard InChI is InChI=1S/C20H28O7/c1-18(2)23-11-15-16(26-18)17(20(25-15)12-24-19(3,4)27-20)22-10-13-6-8-14(21-5)9-7-13/h6-9,15-17H,10-12H2,1-5H3/t15-,16+,17-,20?/m0/s1. The van der Waals surface area contributed by atoms with Crippen LogP contribution in [0.1, 0.15) is 33.3 Å². The van der Waals surface area contributed by atoms with E-state index in [1.165, 1.54) is 0 Å². The molecule has 7 nitrogen and oxygen atoms in total. The fraction of sp³-hybridized carbons (Fsp3) is 0.700. The van der Waals surface area contributed by atoms with Crippen molar-refractivity contribution in [2.24, 2.45) is 0 Å². The third-order valence-electron chi connectivity index (χ3n) is 5.09. The topological polar surface area (TPSA) is 64.6 Å². The van der Waals surface area contributed by atoms with Crippen LogP contribution in [0.15, 0.2) is 24.3 Å². The van der Waals surface area contributed by atoms with Crippen LogP contribution in [0.25, 0.3) is 0 Å². The Labute approximate surface area is 159 Å². The van der Waals surface area contributed by atoms with E-state index in [1.54, 1.807) is 7.11 Å². The number of fused-ring (bicyclic) bond motifs is 1. The summed E-state index contributed by atoms with van der Waals surface area (Å²) in [5, 5.41) is 0. The number of methoxy groups -OCH3 is 1.